The molecule has 0 radical (unpaired) electrons. The average Bonchev–Trinajstić information content (AvgIpc) is 2.94. The molecule has 0 aliphatic rings. The van der Waals surface area contributed by atoms with Gasteiger partial charge in [0.05, 0.1) is 36.8 Å². The van der Waals surface area contributed by atoms with Gasteiger partial charge in [-0.1, -0.05) is 0 Å². The van der Waals surface area contributed by atoms with Crippen LogP contribution in [0.25, 0.3) is 21.3 Å². The van der Waals surface area contributed by atoms with Gasteiger partial charge in [0.25, 0.3) is 10.0 Å². The Kier molecular flexibility index (Phi) is 3.89. The molecule has 10 heteroatoms. The van der Waals surface area contributed by atoms with Crippen LogP contribution in [0.5, 0.6) is 0 Å². The van der Waals surface area contributed by atoms with E-state index < -0.39 is 21.1 Å². The summed E-state index contributed by atoms with van der Waals surface area (Å²) >= 11 is 1.53. The lowest BCUT2D eigenvalue weighted by Crippen LogP contribution is -2.29. The Labute approximate surface area is 157 Å². The van der Waals surface area contributed by atoms with Gasteiger partial charge in [-0.05, 0) is 49.7 Å². The molecule has 8 nitrogen and oxygen atoms in total. The lowest BCUT2D eigenvalue weighted by molar-refractivity contribution is 0.600. The number of H-pyrrole nitrogens is 2. The highest BCUT2D eigenvalue weighted by molar-refractivity contribution is 7.92. The second kappa shape index (κ2) is 6.03. The Morgan fingerprint density at radius 2 is 1.67 bits per heavy atom. The van der Waals surface area contributed by atoms with Crippen molar-refractivity contribution in [3.8, 4) is 0 Å². The zero-order chi connectivity index (χ0) is 19.3. The predicted octanol–water partition coefficient (Wildman–Crippen LogP) is 2.24. The monoisotopic (exact) mass is 402 g/mol. The van der Waals surface area contributed by atoms with Crippen molar-refractivity contribution in [2.45, 2.75) is 18.7 Å². The molecule has 0 aliphatic carbocycles. The number of sulfonamides is 1. The van der Waals surface area contributed by atoms with Crippen LogP contribution in [0.2, 0.25) is 0 Å². The number of anilines is 1. The van der Waals surface area contributed by atoms with Crippen LogP contribution >= 0.6 is 11.3 Å². The van der Waals surface area contributed by atoms with E-state index in [1.54, 1.807) is 19.1 Å². The minimum Gasteiger partial charge on any atom is -0.316 e. The summed E-state index contributed by atoms with van der Waals surface area (Å²) in [6.45, 7) is 3.50. The van der Waals surface area contributed by atoms with E-state index in [2.05, 4.69) is 19.7 Å². The Balaban J connectivity index is 1.80. The molecule has 0 fully saturated rings. The van der Waals surface area contributed by atoms with E-state index in [9.17, 15) is 18.0 Å². The van der Waals surface area contributed by atoms with Gasteiger partial charge in [0.2, 0.25) is 0 Å². The standard InChI is InChI=1S/C17H14N4O4S2/c1-8-5-11-12(20-17(23)16(22)19-11)7-15(8)27(24,25)21-10-3-4-14-13(6-10)18-9(2)26-14/h3-7,21H,1-2H3,(H,19,22)(H,20,23). The van der Waals surface area contributed by atoms with Crippen LogP contribution < -0.4 is 15.8 Å². The molecule has 0 unspecified atom stereocenters. The summed E-state index contributed by atoms with van der Waals surface area (Å²) < 4.78 is 29.2. The number of thiazole rings is 1. The molecule has 0 bridgehead atoms. The molecule has 0 atom stereocenters. The fourth-order valence-electron chi connectivity index (χ4n) is 2.86. The number of aryl methyl sites for hydroxylation is 2. The lowest BCUT2D eigenvalue weighted by atomic mass is 10.2. The molecule has 2 aromatic heterocycles. The predicted molar refractivity (Wildman–Crippen MR) is 105 cm³/mol. The van der Waals surface area contributed by atoms with Gasteiger partial charge in [0.15, 0.2) is 0 Å². The zero-order valence-electron chi connectivity index (χ0n) is 14.3. The van der Waals surface area contributed by atoms with Crippen molar-refractivity contribution in [3.63, 3.8) is 0 Å². The summed E-state index contributed by atoms with van der Waals surface area (Å²) in [5, 5.41) is 0.897. The van der Waals surface area contributed by atoms with Crippen molar-refractivity contribution in [2.24, 2.45) is 0 Å². The van der Waals surface area contributed by atoms with Gasteiger partial charge in [-0.3, -0.25) is 14.3 Å². The number of rotatable bonds is 3. The third-order valence-corrected chi connectivity index (χ3v) is 6.53. The average molecular weight is 402 g/mol. The van der Waals surface area contributed by atoms with Crippen LogP contribution in [0.15, 0.2) is 44.8 Å². The highest BCUT2D eigenvalue weighted by Crippen LogP contribution is 2.27. The highest BCUT2D eigenvalue weighted by atomic mass is 32.2. The molecule has 0 amide bonds. The number of nitrogens with one attached hydrogen (secondary N) is 3. The van der Waals surface area contributed by atoms with Crippen molar-refractivity contribution in [1.82, 2.24) is 15.0 Å². The maximum Gasteiger partial charge on any atom is 0.314 e. The molecular weight excluding hydrogens is 388 g/mol. The topological polar surface area (TPSA) is 125 Å². The molecule has 0 saturated carbocycles. The molecule has 4 aromatic rings. The summed E-state index contributed by atoms with van der Waals surface area (Å²) in [7, 11) is -3.91. The molecule has 4 rings (SSSR count). The van der Waals surface area contributed by atoms with E-state index in [0.29, 0.717) is 16.8 Å². The van der Waals surface area contributed by atoms with Crippen LogP contribution in [-0.4, -0.2) is 23.4 Å². The highest BCUT2D eigenvalue weighted by Gasteiger charge is 2.19. The first-order chi connectivity index (χ1) is 12.7. The van der Waals surface area contributed by atoms with Gasteiger partial charge in [-0.15, -0.1) is 11.3 Å². The maximum atomic E-state index is 12.9. The van der Waals surface area contributed by atoms with Crippen LogP contribution in [0.3, 0.4) is 0 Å². The number of benzene rings is 2. The van der Waals surface area contributed by atoms with Crippen LogP contribution in [0.1, 0.15) is 10.6 Å². The third-order valence-electron chi connectivity index (χ3n) is 4.05. The Morgan fingerprint density at radius 3 is 2.37 bits per heavy atom. The minimum atomic E-state index is -3.91. The zero-order valence-corrected chi connectivity index (χ0v) is 15.9. The summed E-state index contributed by atoms with van der Waals surface area (Å²) in [5.41, 5.74) is 0.501. The fraction of sp³-hybridized carbons (Fsp3) is 0.118. The van der Waals surface area contributed by atoms with Gasteiger partial charge < -0.3 is 9.97 Å². The van der Waals surface area contributed by atoms with Gasteiger partial charge in [0.1, 0.15) is 0 Å². The number of hydrogen-bond acceptors (Lipinski definition) is 6. The quantitative estimate of drug-likeness (QED) is 0.453. The molecule has 0 spiro atoms. The van der Waals surface area contributed by atoms with E-state index >= 15 is 0 Å². The summed E-state index contributed by atoms with van der Waals surface area (Å²) in [6, 6.07) is 8.00. The number of nitrogens with zero attached hydrogens (tertiary/aromatic N) is 1. The van der Waals surface area contributed by atoms with Gasteiger partial charge in [-0.2, -0.15) is 0 Å². The van der Waals surface area contributed by atoms with Crippen molar-refractivity contribution in [1.29, 1.82) is 0 Å². The number of hydrogen-bond donors (Lipinski definition) is 3. The molecule has 0 aliphatic heterocycles. The van der Waals surface area contributed by atoms with Gasteiger partial charge in [0, 0.05) is 0 Å². The van der Waals surface area contributed by atoms with E-state index in [1.165, 1.54) is 23.5 Å². The van der Waals surface area contributed by atoms with E-state index in [1.807, 2.05) is 13.0 Å². The first-order valence-corrected chi connectivity index (χ1v) is 10.2. The molecule has 2 heterocycles. The maximum absolute atomic E-state index is 12.9. The van der Waals surface area contributed by atoms with E-state index in [0.717, 1.165) is 15.2 Å². The first kappa shape index (κ1) is 17.4. The first-order valence-electron chi connectivity index (χ1n) is 7.90. The molecule has 138 valence electrons. The summed E-state index contributed by atoms with van der Waals surface area (Å²) in [6.07, 6.45) is 0. The lowest BCUT2D eigenvalue weighted by Gasteiger charge is -2.11. The van der Waals surface area contributed by atoms with Crippen LogP contribution in [0.4, 0.5) is 5.69 Å². The summed E-state index contributed by atoms with van der Waals surface area (Å²) in [5.74, 6) is 0. The van der Waals surface area contributed by atoms with Crippen LogP contribution in [-0.2, 0) is 10.0 Å². The van der Waals surface area contributed by atoms with E-state index in [4.69, 9.17) is 0 Å². The second-order valence-corrected chi connectivity index (χ2v) is 8.98. The van der Waals surface area contributed by atoms with Crippen molar-refractivity contribution < 1.29 is 8.42 Å². The van der Waals surface area contributed by atoms with E-state index in [-0.39, 0.29) is 10.4 Å². The molecule has 0 saturated heterocycles. The van der Waals surface area contributed by atoms with Gasteiger partial charge in [-0.25, -0.2) is 13.4 Å². The Morgan fingerprint density at radius 1 is 1.00 bits per heavy atom. The molecule has 27 heavy (non-hydrogen) atoms. The number of aromatic amines is 2. The smallest absolute Gasteiger partial charge is 0.314 e. The van der Waals surface area contributed by atoms with Gasteiger partial charge >= 0.3 is 11.1 Å². The normalized spacial score (nSPS) is 11.9. The molecular formula is C17H14N4O4S2. The molecule has 3 N–H and O–H groups in total. The third kappa shape index (κ3) is 3.13. The molecule has 2 aromatic carbocycles. The fourth-order valence-corrected chi connectivity index (χ4v) is 4.97. The number of aromatic nitrogens is 3. The largest absolute Gasteiger partial charge is 0.316 e. The second-order valence-electron chi connectivity index (χ2n) is 6.09. The van der Waals surface area contributed by atoms with Crippen molar-refractivity contribution in [3.05, 3.63) is 61.6 Å². The SMILES string of the molecule is Cc1nc2cc(NS(=O)(=O)c3cc4[nH]c(=O)c(=O)[nH]c4cc3C)ccc2s1. The summed E-state index contributed by atoms with van der Waals surface area (Å²) in [4.78, 5) is 32.2. The van der Waals surface area contributed by atoms with Crippen molar-refractivity contribution >= 4 is 48.3 Å². The van der Waals surface area contributed by atoms with Crippen molar-refractivity contribution in [2.75, 3.05) is 4.72 Å². The minimum absolute atomic E-state index is 0.00672. The Hall–Kier alpha value is -2.98. The Bertz CT molecular complexity index is 1430. The number of fused-ring (bicyclic) bond motifs is 2. The van der Waals surface area contributed by atoms with Crippen LogP contribution in [0, 0.1) is 13.8 Å².